The van der Waals surface area contributed by atoms with Crippen LogP contribution in [0.4, 0.5) is 0 Å². The summed E-state index contributed by atoms with van der Waals surface area (Å²) in [7, 11) is 0. The lowest BCUT2D eigenvalue weighted by atomic mass is 9.47. The number of aryl methyl sites for hydroxylation is 1. The maximum absolute atomic E-state index is 10.2. The second kappa shape index (κ2) is 9.61. The molecule has 0 spiro atoms. The summed E-state index contributed by atoms with van der Waals surface area (Å²) < 4.78 is 0. The summed E-state index contributed by atoms with van der Waals surface area (Å²) in [6.45, 7) is 11.7. The van der Waals surface area contributed by atoms with Crippen molar-refractivity contribution < 1.29 is 5.11 Å². The van der Waals surface area contributed by atoms with Crippen molar-refractivity contribution in [2.24, 2.45) is 40.4 Å². The monoisotopic (exact) mass is 437 g/mol. The molecule has 0 aliphatic heterocycles. The molecule has 0 saturated heterocycles. The Labute approximate surface area is 197 Å². The van der Waals surface area contributed by atoms with Crippen LogP contribution in [0.3, 0.4) is 0 Å². The largest absolute Gasteiger partial charge is 0.393 e. The van der Waals surface area contributed by atoms with Crippen LogP contribution in [-0.4, -0.2) is 16.2 Å². The zero-order valence-electron chi connectivity index (χ0n) is 21.3. The van der Waals surface area contributed by atoms with E-state index in [1.807, 2.05) is 26.1 Å². The molecule has 2 heteroatoms. The molecule has 3 fully saturated rings. The van der Waals surface area contributed by atoms with Gasteiger partial charge in [0, 0.05) is 11.9 Å². The van der Waals surface area contributed by atoms with Crippen molar-refractivity contribution in [2.75, 3.05) is 0 Å². The summed E-state index contributed by atoms with van der Waals surface area (Å²) >= 11 is 0. The molecule has 5 rings (SSSR count). The van der Waals surface area contributed by atoms with Gasteiger partial charge in [-0.05, 0) is 117 Å². The lowest BCUT2D eigenvalue weighted by molar-refractivity contribution is -0.0571. The Kier molecular flexibility index (Phi) is 7.20. The molecular weight excluding hydrogens is 390 g/mol. The number of hydrogen-bond donors (Lipinski definition) is 1. The lowest BCUT2D eigenvalue weighted by Crippen LogP contribution is -2.50. The number of nitrogens with zero attached hydrogens (tertiary/aromatic N) is 1. The summed E-state index contributed by atoms with van der Waals surface area (Å²) in [4.78, 5) is 4.56. The van der Waals surface area contributed by atoms with Crippen LogP contribution < -0.4 is 0 Å². The van der Waals surface area contributed by atoms with Gasteiger partial charge in [0.25, 0.3) is 0 Å². The Morgan fingerprint density at radius 3 is 2.62 bits per heavy atom. The fourth-order valence-electron chi connectivity index (χ4n) is 8.74. The molecule has 1 aromatic heterocycles. The molecular formula is C30H47NO. The van der Waals surface area contributed by atoms with E-state index in [9.17, 15) is 5.11 Å². The molecule has 4 aliphatic rings. The van der Waals surface area contributed by atoms with Crippen LogP contribution in [0.25, 0.3) is 0 Å². The minimum atomic E-state index is -0.0921. The molecule has 0 bridgehead atoms. The third kappa shape index (κ3) is 4.10. The van der Waals surface area contributed by atoms with Gasteiger partial charge in [-0.25, -0.2) is 0 Å². The van der Waals surface area contributed by atoms with Gasteiger partial charge in [-0.2, -0.15) is 0 Å². The van der Waals surface area contributed by atoms with Crippen LogP contribution in [0.2, 0.25) is 0 Å². The molecule has 32 heavy (non-hydrogen) atoms. The van der Waals surface area contributed by atoms with E-state index < -0.39 is 0 Å². The predicted molar refractivity (Wildman–Crippen MR) is 134 cm³/mol. The number of aliphatic hydroxyl groups is 1. The SMILES string of the molecule is CC.C[C@@H](CCc1ccccn1)C1CCC2C3CC=C4CC(O)CCC4(C)C3CCC21C. The molecule has 1 aromatic rings. The highest BCUT2D eigenvalue weighted by Crippen LogP contribution is 2.67. The van der Waals surface area contributed by atoms with Crippen molar-refractivity contribution in [1.29, 1.82) is 0 Å². The third-order valence-electron chi connectivity index (χ3n) is 10.4. The van der Waals surface area contributed by atoms with E-state index in [0.717, 1.165) is 48.9 Å². The molecule has 7 unspecified atom stereocenters. The topological polar surface area (TPSA) is 33.1 Å². The average Bonchev–Trinajstić information content (AvgIpc) is 3.17. The first-order valence-corrected chi connectivity index (χ1v) is 13.7. The van der Waals surface area contributed by atoms with Gasteiger partial charge in [-0.15, -0.1) is 0 Å². The highest BCUT2D eigenvalue weighted by Gasteiger charge is 2.59. The number of rotatable bonds is 4. The Morgan fingerprint density at radius 2 is 1.88 bits per heavy atom. The fourth-order valence-corrected chi connectivity index (χ4v) is 8.74. The molecule has 8 atom stereocenters. The molecule has 3 saturated carbocycles. The highest BCUT2D eigenvalue weighted by molar-refractivity contribution is 5.25. The lowest BCUT2D eigenvalue weighted by Gasteiger charge is -2.58. The van der Waals surface area contributed by atoms with Crippen molar-refractivity contribution in [3.05, 3.63) is 41.7 Å². The van der Waals surface area contributed by atoms with Crippen LogP contribution in [0.1, 0.15) is 98.1 Å². The van der Waals surface area contributed by atoms with E-state index in [1.54, 1.807) is 5.57 Å². The summed E-state index contributed by atoms with van der Waals surface area (Å²) in [6, 6.07) is 6.33. The van der Waals surface area contributed by atoms with Crippen LogP contribution in [0.15, 0.2) is 36.0 Å². The number of pyridine rings is 1. The smallest absolute Gasteiger partial charge is 0.0577 e. The molecule has 1 heterocycles. The maximum atomic E-state index is 10.2. The molecule has 0 aromatic carbocycles. The van der Waals surface area contributed by atoms with Crippen molar-refractivity contribution >= 4 is 0 Å². The van der Waals surface area contributed by atoms with E-state index in [0.29, 0.717) is 10.8 Å². The number of aliphatic hydroxyl groups excluding tert-OH is 1. The Balaban J connectivity index is 0.00000119. The van der Waals surface area contributed by atoms with E-state index in [4.69, 9.17) is 0 Å². The molecule has 0 radical (unpaired) electrons. The van der Waals surface area contributed by atoms with E-state index in [1.165, 1.54) is 50.6 Å². The van der Waals surface area contributed by atoms with Gasteiger partial charge in [0.05, 0.1) is 6.10 Å². The van der Waals surface area contributed by atoms with E-state index >= 15 is 0 Å². The van der Waals surface area contributed by atoms with E-state index in [-0.39, 0.29) is 6.10 Å². The summed E-state index contributed by atoms with van der Waals surface area (Å²) in [5, 5.41) is 10.2. The molecule has 2 nitrogen and oxygen atoms in total. The van der Waals surface area contributed by atoms with Gasteiger partial charge in [-0.1, -0.05) is 52.3 Å². The summed E-state index contributed by atoms with van der Waals surface area (Å²) in [6.07, 6.45) is 16.9. The second-order valence-electron chi connectivity index (χ2n) is 11.7. The Hall–Kier alpha value is -1.15. The minimum Gasteiger partial charge on any atom is -0.393 e. The van der Waals surface area contributed by atoms with Crippen LogP contribution in [0.5, 0.6) is 0 Å². The first kappa shape index (κ1) is 24.0. The summed E-state index contributed by atoms with van der Waals surface area (Å²) in [5.41, 5.74) is 3.75. The van der Waals surface area contributed by atoms with Crippen LogP contribution >= 0.6 is 0 Å². The number of hydrogen-bond acceptors (Lipinski definition) is 2. The number of fused-ring (bicyclic) bond motifs is 5. The normalized spacial score (nSPS) is 41.3. The van der Waals surface area contributed by atoms with Gasteiger partial charge in [0.1, 0.15) is 0 Å². The molecule has 1 N–H and O–H groups in total. The quantitative estimate of drug-likeness (QED) is 0.491. The number of aromatic nitrogens is 1. The van der Waals surface area contributed by atoms with Gasteiger partial charge in [-0.3, -0.25) is 4.98 Å². The predicted octanol–water partition coefficient (Wildman–Crippen LogP) is 7.62. The maximum Gasteiger partial charge on any atom is 0.0577 e. The standard InChI is InChI=1S/C28H41NO.C2H6/c1-19(7-9-21-6-4-5-17-29-21)24-11-12-25-23-10-8-20-18-22(30)13-15-27(20,2)26(23)14-16-28(24,25)3;1-2/h4-6,8,17,19,22-26,30H,7,9-16,18H2,1-3H3;1-2H3/t19-,22?,23?,24?,25?,26?,27?,28?;/m0./s1. The van der Waals surface area contributed by atoms with Gasteiger partial charge >= 0.3 is 0 Å². The van der Waals surface area contributed by atoms with Crippen molar-refractivity contribution in [3.8, 4) is 0 Å². The van der Waals surface area contributed by atoms with E-state index in [2.05, 4.69) is 44.0 Å². The Bertz CT molecular complexity index is 787. The average molecular weight is 438 g/mol. The second-order valence-corrected chi connectivity index (χ2v) is 11.7. The van der Waals surface area contributed by atoms with Gasteiger partial charge < -0.3 is 5.11 Å². The highest BCUT2D eigenvalue weighted by atomic mass is 16.3. The molecule has 0 amide bonds. The number of allylic oxidation sites excluding steroid dienone is 1. The summed E-state index contributed by atoms with van der Waals surface area (Å²) in [5.74, 6) is 4.29. The Morgan fingerprint density at radius 1 is 1.06 bits per heavy atom. The molecule has 178 valence electrons. The first-order chi connectivity index (χ1) is 15.4. The van der Waals surface area contributed by atoms with Gasteiger partial charge in [0.2, 0.25) is 0 Å². The van der Waals surface area contributed by atoms with Crippen LogP contribution in [-0.2, 0) is 6.42 Å². The van der Waals surface area contributed by atoms with Crippen molar-refractivity contribution in [1.82, 2.24) is 4.98 Å². The molecule has 4 aliphatic carbocycles. The van der Waals surface area contributed by atoms with Crippen molar-refractivity contribution in [3.63, 3.8) is 0 Å². The van der Waals surface area contributed by atoms with Crippen molar-refractivity contribution in [2.45, 2.75) is 105 Å². The minimum absolute atomic E-state index is 0.0921. The third-order valence-corrected chi connectivity index (χ3v) is 10.4. The zero-order chi connectivity index (χ0) is 22.9. The first-order valence-electron chi connectivity index (χ1n) is 13.7. The zero-order valence-corrected chi connectivity index (χ0v) is 21.3. The van der Waals surface area contributed by atoms with Gasteiger partial charge in [0.15, 0.2) is 0 Å². The fraction of sp³-hybridized carbons (Fsp3) is 0.767. The van der Waals surface area contributed by atoms with Crippen LogP contribution in [0, 0.1) is 40.4 Å².